The van der Waals surface area contributed by atoms with Gasteiger partial charge in [-0.25, -0.2) is 4.39 Å². The molecule has 0 bridgehead atoms. The van der Waals surface area contributed by atoms with Gasteiger partial charge >= 0.3 is 0 Å². The Balaban J connectivity index is 2.23. The number of hydrogen-bond acceptors (Lipinski definition) is 2. The minimum atomic E-state index is -0.203. The number of aryl methyl sites for hydroxylation is 1. The van der Waals surface area contributed by atoms with E-state index in [1.54, 1.807) is 6.20 Å². The molecule has 0 radical (unpaired) electrons. The molecule has 1 aromatic carbocycles. The summed E-state index contributed by atoms with van der Waals surface area (Å²) in [5.74, 6) is -0.203. The normalized spacial score (nSPS) is 12.6. The summed E-state index contributed by atoms with van der Waals surface area (Å²) >= 11 is 3.53. The molecule has 0 aliphatic carbocycles. The van der Waals surface area contributed by atoms with Crippen LogP contribution in [0.5, 0.6) is 0 Å². The summed E-state index contributed by atoms with van der Waals surface area (Å²) in [7, 11) is 1.93. The van der Waals surface area contributed by atoms with Gasteiger partial charge < -0.3 is 5.32 Å². The van der Waals surface area contributed by atoms with Crippen molar-refractivity contribution in [2.45, 2.75) is 19.4 Å². The van der Waals surface area contributed by atoms with Crippen LogP contribution in [0.3, 0.4) is 0 Å². The smallest absolute Gasteiger partial charge is 0.123 e. The summed E-state index contributed by atoms with van der Waals surface area (Å²) in [4.78, 5) is 0. The first-order valence-electron chi connectivity index (χ1n) is 6.27. The molecule has 0 amide bonds. The van der Waals surface area contributed by atoms with Gasteiger partial charge in [-0.1, -0.05) is 19.1 Å². The van der Waals surface area contributed by atoms with Crippen LogP contribution in [0.25, 0.3) is 0 Å². The summed E-state index contributed by atoms with van der Waals surface area (Å²) in [5.41, 5.74) is 2.20. The summed E-state index contributed by atoms with van der Waals surface area (Å²) in [6.45, 7) is 2.94. The molecule has 102 valence electrons. The van der Waals surface area contributed by atoms with Crippen molar-refractivity contribution >= 4 is 15.9 Å². The maximum atomic E-state index is 12.9. The third-order valence-corrected chi connectivity index (χ3v) is 3.68. The van der Waals surface area contributed by atoms with E-state index in [2.05, 4.69) is 33.3 Å². The fourth-order valence-electron chi connectivity index (χ4n) is 2.18. The lowest BCUT2D eigenvalue weighted by molar-refractivity contribution is 0.505. The Morgan fingerprint density at radius 3 is 2.58 bits per heavy atom. The van der Waals surface area contributed by atoms with Crippen molar-refractivity contribution in [1.82, 2.24) is 15.1 Å². The predicted octanol–water partition coefficient (Wildman–Crippen LogP) is 3.22. The third-order valence-electron chi connectivity index (χ3n) is 3.07. The molecule has 0 aliphatic heterocycles. The lowest BCUT2D eigenvalue weighted by atomic mass is 10.0. The zero-order valence-corrected chi connectivity index (χ0v) is 12.6. The van der Waals surface area contributed by atoms with Gasteiger partial charge in [0, 0.05) is 7.05 Å². The highest BCUT2D eigenvalue weighted by Gasteiger charge is 2.18. The van der Waals surface area contributed by atoms with E-state index in [1.165, 1.54) is 12.1 Å². The van der Waals surface area contributed by atoms with Crippen molar-refractivity contribution in [2.24, 2.45) is 7.05 Å². The second-order valence-electron chi connectivity index (χ2n) is 4.44. The van der Waals surface area contributed by atoms with Gasteiger partial charge in [-0.05, 0) is 46.6 Å². The van der Waals surface area contributed by atoms with Crippen molar-refractivity contribution in [2.75, 3.05) is 6.54 Å². The molecule has 1 atom stereocenters. The Labute approximate surface area is 121 Å². The van der Waals surface area contributed by atoms with E-state index in [9.17, 15) is 4.39 Å². The van der Waals surface area contributed by atoms with Crippen LogP contribution < -0.4 is 5.32 Å². The number of nitrogens with one attached hydrogen (secondary N) is 1. The zero-order chi connectivity index (χ0) is 13.8. The monoisotopic (exact) mass is 325 g/mol. The van der Waals surface area contributed by atoms with Crippen molar-refractivity contribution in [1.29, 1.82) is 0 Å². The largest absolute Gasteiger partial charge is 0.309 e. The molecule has 1 heterocycles. The highest BCUT2D eigenvalue weighted by Crippen LogP contribution is 2.25. The molecular formula is C14H17BrFN3. The molecule has 0 saturated heterocycles. The predicted molar refractivity (Wildman–Crippen MR) is 77.4 cm³/mol. The minimum Gasteiger partial charge on any atom is -0.309 e. The maximum absolute atomic E-state index is 12.9. The Bertz CT molecular complexity index is 517. The van der Waals surface area contributed by atoms with Gasteiger partial charge in [0.15, 0.2) is 0 Å². The molecule has 1 unspecified atom stereocenters. The molecule has 3 nitrogen and oxygen atoms in total. The van der Waals surface area contributed by atoms with Crippen LogP contribution in [0.15, 0.2) is 34.9 Å². The van der Waals surface area contributed by atoms with Crippen molar-refractivity contribution in [3.63, 3.8) is 0 Å². The van der Waals surface area contributed by atoms with E-state index in [-0.39, 0.29) is 11.9 Å². The lowest BCUT2D eigenvalue weighted by Crippen LogP contribution is -2.25. The molecule has 0 spiro atoms. The molecule has 2 rings (SSSR count). The molecule has 5 heteroatoms. The fourth-order valence-corrected chi connectivity index (χ4v) is 2.80. The number of rotatable bonds is 5. The summed E-state index contributed by atoms with van der Waals surface area (Å²) < 4.78 is 15.8. The van der Waals surface area contributed by atoms with Crippen LogP contribution in [0.2, 0.25) is 0 Å². The highest BCUT2D eigenvalue weighted by atomic mass is 79.9. The topological polar surface area (TPSA) is 29.9 Å². The van der Waals surface area contributed by atoms with E-state index >= 15 is 0 Å². The van der Waals surface area contributed by atoms with Gasteiger partial charge in [-0.3, -0.25) is 4.68 Å². The van der Waals surface area contributed by atoms with Crippen LogP contribution in [-0.2, 0) is 13.5 Å². The second-order valence-corrected chi connectivity index (χ2v) is 5.30. The minimum absolute atomic E-state index is 0.150. The van der Waals surface area contributed by atoms with Gasteiger partial charge in [0.1, 0.15) is 5.82 Å². The Hall–Kier alpha value is -1.20. The van der Waals surface area contributed by atoms with E-state index in [4.69, 9.17) is 0 Å². The van der Waals surface area contributed by atoms with Crippen LogP contribution in [0, 0.1) is 5.82 Å². The Morgan fingerprint density at radius 1 is 1.37 bits per heavy atom. The second kappa shape index (κ2) is 6.30. The molecule has 0 aliphatic rings. The zero-order valence-electron chi connectivity index (χ0n) is 11.0. The fraction of sp³-hybridized carbons (Fsp3) is 0.357. The first-order valence-corrected chi connectivity index (χ1v) is 7.06. The quantitative estimate of drug-likeness (QED) is 0.914. The molecule has 0 fully saturated rings. The molecule has 0 saturated carbocycles. The van der Waals surface area contributed by atoms with Crippen molar-refractivity contribution in [3.8, 4) is 0 Å². The van der Waals surface area contributed by atoms with E-state index < -0.39 is 0 Å². The SMILES string of the molecule is CCNC(Cc1ccc(F)cc1)c1c(Br)cnn1C. The van der Waals surface area contributed by atoms with Gasteiger partial charge in [0.25, 0.3) is 0 Å². The van der Waals surface area contributed by atoms with Crippen LogP contribution >= 0.6 is 15.9 Å². The average Bonchev–Trinajstić information content (AvgIpc) is 2.71. The van der Waals surface area contributed by atoms with Crippen molar-refractivity contribution in [3.05, 3.63) is 52.0 Å². The maximum Gasteiger partial charge on any atom is 0.123 e. The Kier molecular flexibility index (Phi) is 4.71. The van der Waals surface area contributed by atoms with Gasteiger partial charge in [-0.2, -0.15) is 5.10 Å². The summed E-state index contributed by atoms with van der Waals surface area (Å²) in [6, 6.07) is 6.79. The number of halogens is 2. The number of likely N-dealkylation sites (N-methyl/N-ethyl adjacent to an activating group) is 1. The Morgan fingerprint density at radius 2 is 2.05 bits per heavy atom. The number of nitrogens with zero attached hydrogens (tertiary/aromatic N) is 2. The van der Waals surface area contributed by atoms with E-state index in [0.29, 0.717) is 0 Å². The molecule has 1 aromatic heterocycles. The van der Waals surface area contributed by atoms with E-state index in [0.717, 1.165) is 28.7 Å². The molecule has 19 heavy (non-hydrogen) atoms. The van der Waals surface area contributed by atoms with Crippen LogP contribution in [-0.4, -0.2) is 16.3 Å². The van der Waals surface area contributed by atoms with Gasteiger partial charge in [-0.15, -0.1) is 0 Å². The molecule has 1 N–H and O–H groups in total. The highest BCUT2D eigenvalue weighted by molar-refractivity contribution is 9.10. The van der Waals surface area contributed by atoms with Crippen molar-refractivity contribution < 1.29 is 4.39 Å². The molecular weight excluding hydrogens is 309 g/mol. The summed E-state index contributed by atoms with van der Waals surface area (Å²) in [5, 5.41) is 7.69. The van der Waals surface area contributed by atoms with E-state index in [1.807, 2.05) is 23.9 Å². The number of aromatic nitrogens is 2. The first-order chi connectivity index (χ1) is 9.11. The molecule has 2 aromatic rings. The average molecular weight is 326 g/mol. The lowest BCUT2D eigenvalue weighted by Gasteiger charge is -2.19. The third kappa shape index (κ3) is 3.42. The first kappa shape index (κ1) is 14.2. The van der Waals surface area contributed by atoms with Gasteiger partial charge in [0.05, 0.1) is 22.4 Å². The van der Waals surface area contributed by atoms with Gasteiger partial charge in [0.2, 0.25) is 0 Å². The van der Waals surface area contributed by atoms with Crippen LogP contribution in [0.4, 0.5) is 4.39 Å². The standard InChI is InChI=1S/C14H17BrFN3/c1-3-17-13(14-12(15)9-18-19(14)2)8-10-4-6-11(16)7-5-10/h4-7,9,13,17H,3,8H2,1-2H3. The number of benzene rings is 1. The number of hydrogen-bond donors (Lipinski definition) is 1. The summed E-state index contributed by atoms with van der Waals surface area (Å²) in [6.07, 6.45) is 2.59. The van der Waals surface area contributed by atoms with Crippen LogP contribution in [0.1, 0.15) is 24.2 Å².